The summed E-state index contributed by atoms with van der Waals surface area (Å²) in [6, 6.07) is 11.6. The third kappa shape index (κ3) is 4.58. The number of urea groups is 1. The van der Waals surface area contributed by atoms with Gasteiger partial charge in [0.25, 0.3) is 0 Å². The maximum Gasteiger partial charge on any atom is 0.322 e. The molecule has 112 valence electrons. The van der Waals surface area contributed by atoms with Crippen LogP contribution in [0.3, 0.4) is 0 Å². The van der Waals surface area contributed by atoms with E-state index in [0.717, 1.165) is 11.3 Å². The highest BCUT2D eigenvalue weighted by Crippen LogP contribution is 2.16. The molecular weight excluding hydrogens is 284 g/mol. The number of carbonyl (C=O) groups excluding carboxylic acids is 1. The normalized spacial score (nSPS) is 11.9. The molecule has 1 unspecified atom stereocenters. The van der Waals surface area contributed by atoms with E-state index in [1.165, 1.54) is 0 Å². The van der Waals surface area contributed by atoms with Gasteiger partial charge in [-0.25, -0.2) is 4.79 Å². The first kappa shape index (κ1) is 15.5. The maximum atomic E-state index is 12.5. The first-order valence-corrected chi connectivity index (χ1v) is 7.89. The number of rotatable bonds is 6. The lowest BCUT2D eigenvalue weighted by Gasteiger charge is -2.29. The molecule has 0 bridgehead atoms. The highest BCUT2D eigenvalue weighted by atomic mass is 32.1. The number of nitrogens with zero attached hydrogens (tertiary/aromatic N) is 1. The minimum Gasteiger partial charge on any atom is -0.396 e. The number of benzene rings is 1. The first-order chi connectivity index (χ1) is 10.2. The third-order valence-corrected chi connectivity index (χ3v) is 3.99. The fraction of sp³-hybridized carbons (Fsp3) is 0.312. The Morgan fingerprint density at radius 3 is 2.71 bits per heavy atom. The number of aliphatic hydroxyl groups excluding tert-OH is 1. The Labute approximate surface area is 129 Å². The van der Waals surface area contributed by atoms with Crippen molar-refractivity contribution >= 4 is 23.1 Å². The lowest BCUT2D eigenvalue weighted by molar-refractivity contribution is 0.169. The second kappa shape index (κ2) is 7.81. The van der Waals surface area contributed by atoms with Crippen molar-refractivity contribution in [2.45, 2.75) is 25.9 Å². The number of aliphatic hydroxyl groups is 1. The van der Waals surface area contributed by atoms with E-state index < -0.39 is 0 Å². The van der Waals surface area contributed by atoms with Crippen molar-refractivity contribution in [1.82, 2.24) is 4.90 Å². The van der Waals surface area contributed by atoms with Crippen molar-refractivity contribution in [3.63, 3.8) is 0 Å². The van der Waals surface area contributed by atoms with E-state index in [4.69, 9.17) is 5.11 Å². The predicted octanol–water partition coefficient (Wildman–Crippen LogP) is 3.55. The van der Waals surface area contributed by atoms with Gasteiger partial charge in [0.05, 0.1) is 5.69 Å². The number of amides is 2. The molecule has 2 rings (SSSR count). The Bertz CT molecular complexity index is 543. The molecule has 2 N–H and O–H groups in total. The van der Waals surface area contributed by atoms with Gasteiger partial charge in [-0.15, -0.1) is 0 Å². The minimum atomic E-state index is -0.141. The molecule has 0 saturated heterocycles. The minimum absolute atomic E-state index is 0.0335. The Balaban J connectivity index is 2.09. The van der Waals surface area contributed by atoms with Gasteiger partial charge in [-0.3, -0.25) is 0 Å². The predicted molar refractivity (Wildman–Crippen MR) is 86.5 cm³/mol. The molecular formula is C16H20N2O2S. The summed E-state index contributed by atoms with van der Waals surface area (Å²) in [6.07, 6.45) is 0.559. The van der Waals surface area contributed by atoms with Gasteiger partial charge in [0.2, 0.25) is 0 Å². The van der Waals surface area contributed by atoms with Gasteiger partial charge in [-0.2, -0.15) is 11.3 Å². The van der Waals surface area contributed by atoms with Gasteiger partial charge in [0.1, 0.15) is 0 Å². The van der Waals surface area contributed by atoms with Crippen LogP contribution in [0.1, 0.15) is 18.9 Å². The number of carbonyl (C=O) groups is 1. The number of anilines is 1. The van der Waals surface area contributed by atoms with E-state index in [0.29, 0.717) is 13.0 Å². The van der Waals surface area contributed by atoms with Crippen LogP contribution in [-0.2, 0) is 6.54 Å². The average molecular weight is 304 g/mol. The monoisotopic (exact) mass is 304 g/mol. The number of thiophene rings is 1. The smallest absolute Gasteiger partial charge is 0.322 e. The standard InChI is InChI=1S/C16H20N2O2S/c1-13(7-9-19)18(11-14-5-3-2-4-6-14)16(20)17-15-8-10-21-12-15/h2-6,8,10,12-13,19H,7,9,11H2,1H3,(H,17,20). The van der Waals surface area contributed by atoms with Crippen LogP contribution in [-0.4, -0.2) is 28.7 Å². The van der Waals surface area contributed by atoms with Gasteiger partial charge in [0, 0.05) is 24.6 Å². The van der Waals surface area contributed by atoms with Gasteiger partial charge >= 0.3 is 6.03 Å². The van der Waals surface area contributed by atoms with Crippen LogP contribution in [0.15, 0.2) is 47.2 Å². The molecule has 0 spiro atoms. The van der Waals surface area contributed by atoms with E-state index in [2.05, 4.69) is 5.32 Å². The van der Waals surface area contributed by atoms with Crippen molar-refractivity contribution in [2.75, 3.05) is 11.9 Å². The van der Waals surface area contributed by atoms with E-state index >= 15 is 0 Å². The molecule has 0 aliphatic carbocycles. The highest BCUT2D eigenvalue weighted by Gasteiger charge is 2.20. The maximum absolute atomic E-state index is 12.5. The van der Waals surface area contributed by atoms with Crippen molar-refractivity contribution in [2.24, 2.45) is 0 Å². The molecule has 4 nitrogen and oxygen atoms in total. The zero-order chi connectivity index (χ0) is 15.1. The van der Waals surface area contributed by atoms with E-state index in [1.54, 1.807) is 16.2 Å². The fourth-order valence-corrected chi connectivity index (χ4v) is 2.67. The number of hydrogen-bond acceptors (Lipinski definition) is 3. The van der Waals surface area contributed by atoms with Crippen molar-refractivity contribution in [3.8, 4) is 0 Å². The first-order valence-electron chi connectivity index (χ1n) is 6.95. The Hall–Kier alpha value is -1.85. The number of hydrogen-bond donors (Lipinski definition) is 2. The van der Waals surface area contributed by atoms with Crippen LogP contribution in [0.2, 0.25) is 0 Å². The highest BCUT2D eigenvalue weighted by molar-refractivity contribution is 7.08. The van der Waals surface area contributed by atoms with Crippen molar-refractivity contribution in [3.05, 3.63) is 52.7 Å². The molecule has 1 aromatic carbocycles. The molecule has 0 aliphatic rings. The van der Waals surface area contributed by atoms with Gasteiger partial charge in [0.15, 0.2) is 0 Å². The Morgan fingerprint density at radius 2 is 2.10 bits per heavy atom. The third-order valence-electron chi connectivity index (χ3n) is 3.31. The number of nitrogens with one attached hydrogen (secondary N) is 1. The van der Waals surface area contributed by atoms with Gasteiger partial charge < -0.3 is 15.3 Å². The molecule has 1 heterocycles. The van der Waals surface area contributed by atoms with Gasteiger partial charge in [-0.1, -0.05) is 30.3 Å². The summed E-state index contributed by atoms with van der Waals surface area (Å²) in [5.41, 5.74) is 1.88. The quantitative estimate of drug-likeness (QED) is 0.857. The summed E-state index contributed by atoms with van der Waals surface area (Å²) in [5.74, 6) is 0. The molecule has 2 aromatic rings. The van der Waals surface area contributed by atoms with E-state index in [-0.39, 0.29) is 18.7 Å². The SMILES string of the molecule is CC(CCO)N(Cc1ccccc1)C(=O)Nc1ccsc1. The lowest BCUT2D eigenvalue weighted by atomic mass is 10.1. The molecule has 1 atom stereocenters. The van der Waals surface area contributed by atoms with Crippen LogP contribution in [0.4, 0.5) is 10.5 Å². The topological polar surface area (TPSA) is 52.6 Å². The molecule has 21 heavy (non-hydrogen) atoms. The van der Waals surface area contributed by atoms with Crippen LogP contribution in [0.25, 0.3) is 0 Å². The summed E-state index contributed by atoms with van der Waals surface area (Å²) in [6.45, 7) is 2.54. The second-order valence-electron chi connectivity index (χ2n) is 4.92. The molecule has 0 radical (unpaired) electrons. The summed E-state index contributed by atoms with van der Waals surface area (Å²) in [7, 11) is 0. The van der Waals surface area contributed by atoms with Crippen molar-refractivity contribution < 1.29 is 9.90 Å². The Kier molecular flexibility index (Phi) is 5.78. The molecule has 5 heteroatoms. The van der Waals surface area contributed by atoms with Gasteiger partial charge in [-0.05, 0) is 30.4 Å². The molecule has 2 amide bonds. The molecule has 0 aliphatic heterocycles. The van der Waals surface area contributed by atoms with Crippen LogP contribution < -0.4 is 5.32 Å². The summed E-state index contributed by atoms with van der Waals surface area (Å²) < 4.78 is 0. The second-order valence-corrected chi connectivity index (χ2v) is 5.70. The van der Waals surface area contributed by atoms with E-state index in [9.17, 15) is 4.79 Å². The summed E-state index contributed by atoms with van der Waals surface area (Å²) in [4.78, 5) is 14.2. The average Bonchev–Trinajstić information content (AvgIpc) is 2.99. The lowest BCUT2D eigenvalue weighted by Crippen LogP contribution is -2.41. The summed E-state index contributed by atoms with van der Waals surface area (Å²) in [5, 5.41) is 15.9. The van der Waals surface area contributed by atoms with E-state index in [1.807, 2.05) is 54.1 Å². The van der Waals surface area contributed by atoms with Crippen LogP contribution in [0, 0.1) is 0 Å². The van der Waals surface area contributed by atoms with Crippen LogP contribution >= 0.6 is 11.3 Å². The molecule has 0 saturated carbocycles. The zero-order valence-electron chi connectivity index (χ0n) is 12.0. The Morgan fingerprint density at radius 1 is 1.33 bits per heavy atom. The zero-order valence-corrected chi connectivity index (χ0v) is 12.8. The fourth-order valence-electron chi connectivity index (χ4n) is 2.08. The largest absolute Gasteiger partial charge is 0.396 e. The van der Waals surface area contributed by atoms with Crippen molar-refractivity contribution in [1.29, 1.82) is 0 Å². The molecule has 1 aromatic heterocycles. The van der Waals surface area contributed by atoms with Crippen LogP contribution in [0.5, 0.6) is 0 Å². The summed E-state index contributed by atoms with van der Waals surface area (Å²) >= 11 is 1.54. The molecule has 0 fully saturated rings.